The van der Waals surface area contributed by atoms with Crippen LogP contribution in [0.25, 0.3) is 0 Å². The van der Waals surface area contributed by atoms with Crippen LogP contribution in [0.1, 0.15) is 0 Å². The van der Waals surface area contributed by atoms with Crippen LogP contribution in [0.2, 0.25) is 5.02 Å². The Kier molecular flexibility index (Phi) is 2.38. The van der Waals surface area contributed by atoms with Crippen LogP contribution in [0.15, 0.2) is 0 Å². The Balaban J connectivity index is 2.85. The molecule has 0 aliphatic heterocycles. The van der Waals surface area contributed by atoms with Crippen molar-refractivity contribution in [3.8, 4) is 0 Å². The van der Waals surface area contributed by atoms with Gasteiger partial charge in [0, 0.05) is 0 Å². The molecule has 1 amide bonds. The van der Waals surface area contributed by atoms with E-state index >= 15 is 0 Å². The molecule has 0 aliphatic carbocycles. The second-order valence-corrected chi connectivity index (χ2v) is 1.16. The van der Waals surface area contributed by atoms with Gasteiger partial charge in [0.05, 0.1) is 0 Å². The summed E-state index contributed by atoms with van der Waals surface area (Å²) in [5, 5.41) is 0.334. The molecule has 32 valence electrons. The zero-order chi connectivity index (χ0) is 4.28. The average molecular weight is 161 g/mol. The molecule has 0 aromatic carbocycles. The van der Waals surface area contributed by atoms with E-state index in [9.17, 15) is 4.79 Å². The second-order valence-electron chi connectivity index (χ2n) is 0.584. The zero-order valence-corrected chi connectivity index (χ0v) is 4.16. The summed E-state index contributed by atoms with van der Waals surface area (Å²) in [6.07, 6.45) is 0. The summed E-state index contributed by atoms with van der Waals surface area (Å²) in [4.78, 5) is 9.56. The van der Waals surface area contributed by atoms with Crippen LogP contribution >= 0.6 is 0 Å². The summed E-state index contributed by atoms with van der Waals surface area (Å²) in [5.41, 5.74) is 4.63. The Labute approximate surface area is 40.4 Å². The molecular formula is C2H4NORh. The Morgan fingerprint density at radius 1 is 2.00 bits per heavy atom. The van der Waals surface area contributed by atoms with E-state index < -0.39 is 0 Å². The summed E-state index contributed by atoms with van der Waals surface area (Å²) >= 11 is 2.38. The fraction of sp³-hybridized carbons (Fsp3) is 0.500. The van der Waals surface area contributed by atoms with E-state index in [2.05, 4.69) is 24.0 Å². The number of hydrogen-bond acceptors (Lipinski definition) is 1. The van der Waals surface area contributed by atoms with Crippen molar-refractivity contribution in [2.24, 2.45) is 5.73 Å². The molecule has 0 saturated heterocycles. The van der Waals surface area contributed by atoms with Gasteiger partial charge in [0.2, 0.25) is 0 Å². The summed E-state index contributed by atoms with van der Waals surface area (Å²) in [6.45, 7) is 0. The van der Waals surface area contributed by atoms with E-state index in [1.54, 1.807) is 0 Å². The average Bonchev–Trinajstić information content (AvgIpc) is 1.38. The van der Waals surface area contributed by atoms with Crippen molar-refractivity contribution in [2.45, 2.75) is 5.02 Å². The number of rotatable bonds is 1. The minimum atomic E-state index is -0.294. The molecule has 0 aromatic rings. The van der Waals surface area contributed by atoms with Crippen molar-refractivity contribution in [3.05, 3.63) is 0 Å². The molecular weight excluding hydrogens is 157 g/mol. The van der Waals surface area contributed by atoms with Crippen LogP contribution in [0.4, 0.5) is 0 Å². The van der Waals surface area contributed by atoms with Gasteiger partial charge in [-0.3, -0.25) is 0 Å². The van der Waals surface area contributed by atoms with Gasteiger partial charge in [-0.15, -0.1) is 0 Å². The van der Waals surface area contributed by atoms with E-state index in [0.717, 1.165) is 0 Å². The quantitative estimate of drug-likeness (QED) is 0.514. The number of nitrogens with two attached hydrogens (primary N) is 1. The van der Waals surface area contributed by atoms with Crippen molar-refractivity contribution in [1.29, 1.82) is 0 Å². The monoisotopic (exact) mass is 161 g/mol. The molecule has 0 aliphatic rings. The van der Waals surface area contributed by atoms with Gasteiger partial charge in [0.15, 0.2) is 0 Å². The topological polar surface area (TPSA) is 43.1 Å². The van der Waals surface area contributed by atoms with Crippen LogP contribution in [0.5, 0.6) is 0 Å². The van der Waals surface area contributed by atoms with Crippen molar-refractivity contribution in [3.63, 3.8) is 0 Å². The predicted octanol–water partition coefficient (Wildman–Crippen LogP) is -0.563. The Morgan fingerprint density at radius 2 is 2.20 bits per heavy atom. The molecule has 2 N–H and O–H groups in total. The number of hydrogen-bond donors (Lipinski definition) is 1. The normalized spacial score (nSPS) is 7.60. The molecule has 5 heavy (non-hydrogen) atoms. The molecule has 0 atom stereocenters. The Hall–Kier alpha value is 0.0934. The summed E-state index contributed by atoms with van der Waals surface area (Å²) < 4.78 is 0. The maximum atomic E-state index is 9.56. The van der Waals surface area contributed by atoms with Crippen LogP contribution < -0.4 is 5.73 Å². The third-order valence-corrected chi connectivity index (χ3v) is 0.687. The molecule has 0 spiro atoms. The van der Waals surface area contributed by atoms with Gasteiger partial charge in [-0.1, -0.05) is 0 Å². The van der Waals surface area contributed by atoms with Gasteiger partial charge in [-0.25, -0.2) is 0 Å². The van der Waals surface area contributed by atoms with E-state index in [1.165, 1.54) is 0 Å². The Bertz CT molecular complexity index is 44.9. The van der Waals surface area contributed by atoms with Crippen molar-refractivity contribution < 1.29 is 23.1 Å². The number of carbonyl (C=O) groups excluding carboxylic acids is 1. The Morgan fingerprint density at radius 3 is 2.20 bits per heavy atom. The maximum absolute atomic E-state index is 9.56. The zero-order valence-electron chi connectivity index (χ0n) is 2.53. The van der Waals surface area contributed by atoms with Gasteiger partial charge in [-0.05, 0) is 0 Å². The first kappa shape index (κ1) is 5.09. The van der Waals surface area contributed by atoms with Crippen molar-refractivity contribution >= 4 is 5.91 Å². The third-order valence-electron chi connectivity index (χ3n) is 0.116. The number of amides is 1. The molecule has 0 saturated carbocycles. The van der Waals surface area contributed by atoms with Gasteiger partial charge < -0.3 is 0 Å². The summed E-state index contributed by atoms with van der Waals surface area (Å²) in [5.74, 6) is -0.294. The second kappa shape index (κ2) is 2.34. The molecule has 0 rings (SSSR count). The number of carbonyl (C=O) groups is 1. The predicted molar refractivity (Wildman–Crippen MR) is 14.0 cm³/mol. The van der Waals surface area contributed by atoms with Crippen molar-refractivity contribution in [1.82, 2.24) is 0 Å². The first-order valence-corrected chi connectivity index (χ1v) is 2.24. The minimum absolute atomic E-state index is 0.294. The number of primary amides is 1. The first-order valence-electron chi connectivity index (χ1n) is 1.08. The standard InChI is InChI=1S/C2H4NO.Rh/c1-2(3)4;/h1H2,(H2,3,4);. The third kappa shape index (κ3) is 4.09. The molecule has 0 fully saturated rings. The van der Waals surface area contributed by atoms with Gasteiger partial charge in [0.25, 0.3) is 0 Å². The van der Waals surface area contributed by atoms with Gasteiger partial charge in [-0.2, -0.15) is 0 Å². The van der Waals surface area contributed by atoms with Crippen LogP contribution in [-0.2, 0) is 23.1 Å². The molecule has 3 heteroatoms. The first-order chi connectivity index (χ1) is 2.27. The van der Waals surface area contributed by atoms with E-state index in [4.69, 9.17) is 0 Å². The van der Waals surface area contributed by atoms with Crippen molar-refractivity contribution in [2.75, 3.05) is 0 Å². The molecule has 0 heterocycles. The van der Waals surface area contributed by atoms with E-state index in [1.807, 2.05) is 0 Å². The molecule has 0 bridgehead atoms. The van der Waals surface area contributed by atoms with Crippen LogP contribution in [0.3, 0.4) is 0 Å². The van der Waals surface area contributed by atoms with E-state index in [0.29, 0.717) is 5.02 Å². The molecule has 0 unspecified atom stereocenters. The van der Waals surface area contributed by atoms with Crippen LogP contribution in [-0.4, -0.2) is 5.91 Å². The van der Waals surface area contributed by atoms with Gasteiger partial charge >= 0.3 is 39.8 Å². The molecule has 2 nitrogen and oxygen atoms in total. The van der Waals surface area contributed by atoms with Gasteiger partial charge in [0.1, 0.15) is 0 Å². The molecule has 0 radical (unpaired) electrons. The van der Waals surface area contributed by atoms with Crippen LogP contribution in [0, 0.1) is 0 Å². The molecule has 0 aromatic heterocycles. The SMILES string of the molecule is NC(=O)[CH2][Rh]. The fourth-order valence-corrected chi connectivity index (χ4v) is 0. The van der Waals surface area contributed by atoms with E-state index in [-0.39, 0.29) is 5.91 Å². The summed E-state index contributed by atoms with van der Waals surface area (Å²) in [6, 6.07) is 0. The summed E-state index contributed by atoms with van der Waals surface area (Å²) in [7, 11) is 0. The fourth-order valence-electron chi connectivity index (χ4n) is 0.